The summed E-state index contributed by atoms with van der Waals surface area (Å²) >= 11 is 0. The van der Waals surface area contributed by atoms with Gasteiger partial charge in [0.25, 0.3) is 0 Å². The molecule has 1 aliphatic rings. The van der Waals surface area contributed by atoms with Crippen molar-refractivity contribution < 1.29 is 9.90 Å². The second kappa shape index (κ2) is 11.9. The lowest BCUT2D eigenvalue weighted by Gasteiger charge is -2.33. The zero-order valence-corrected chi connectivity index (χ0v) is 22.4. The van der Waals surface area contributed by atoms with Crippen molar-refractivity contribution in [2.75, 3.05) is 6.54 Å². The fourth-order valence-corrected chi connectivity index (χ4v) is 6.14. The van der Waals surface area contributed by atoms with Crippen molar-refractivity contribution in [2.45, 2.75) is 51.5 Å². The smallest absolute Gasteiger partial charge is 0.335 e. The van der Waals surface area contributed by atoms with Gasteiger partial charge in [0.1, 0.15) is 0 Å². The minimum absolute atomic E-state index is 0. The Balaban J connectivity index is 0.00000320. The van der Waals surface area contributed by atoms with Gasteiger partial charge in [0, 0.05) is 12.0 Å². The van der Waals surface area contributed by atoms with E-state index in [1.165, 1.54) is 27.5 Å². The van der Waals surface area contributed by atoms with Crippen molar-refractivity contribution in [3.05, 3.63) is 118 Å². The Morgan fingerprint density at radius 3 is 2.49 bits per heavy atom. The van der Waals surface area contributed by atoms with Crippen molar-refractivity contribution in [1.82, 2.24) is 5.32 Å². The third kappa shape index (κ3) is 5.74. The molecule has 0 heterocycles. The van der Waals surface area contributed by atoms with E-state index < -0.39 is 5.97 Å². The standard InChI is InChI=1S/C33H35NO2.ClH/c1-22-27(16-8-17-28(22)33(35)36)32-21-24(20-26-12-4-6-15-31(26)32)10-9-19-34-23(2)29-18-7-13-25-11-3-5-14-30(25)29;/h3-8,11-18,23-24,32,34H,9-10,19-21H2,1-2H3,(H,35,36);1H/t23-,24?,32?;/m1./s1. The largest absolute Gasteiger partial charge is 0.478 e. The average Bonchev–Trinajstić information content (AvgIpc) is 2.90. The lowest BCUT2D eigenvalue weighted by molar-refractivity contribution is 0.0696. The molecule has 0 fully saturated rings. The van der Waals surface area contributed by atoms with Gasteiger partial charge in [-0.15, -0.1) is 12.4 Å². The molecule has 2 unspecified atom stereocenters. The van der Waals surface area contributed by atoms with Crippen LogP contribution >= 0.6 is 12.4 Å². The number of fused-ring (bicyclic) bond motifs is 2. The number of carbonyl (C=O) groups is 1. The van der Waals surface area contributed by atoms with E-state index in [9.17, 15) is 9.90 Å². The Kier molecular flexibility index (Phi) is 8.68. The molecule has 192 valence electrons. The van der Waals surface area contributed by atoms with E-state index in [4.69, 9.17) is 0 Å². The molecule has 4 aromatic rings. The maximum Gasteiger partial charge on any atom is 0.335 e. The Hall–Kier alpha value is -3.14. The molecule has 3 nitrogen and oxygen atoms in total. The maximum atomic E-state index is 11.8. The highest BCUT2D eigenvalue weighted by molar-refractivity contribution is 5.90. The van der Waals surface area contributed by atoms with Gasteiger partial charge in [-0.1, -0.05) is 78.9 Å². The van der Waals surface area contributed by atoms with Gasteiger partial charge in [-0.05, 0) is 96.6 Å². The first kappa shape index (κ1) is 26.9. The van der Waals surface area contributed by atoms with Gasteiger partial charge in [-0.25, -0.2) is 4.79 Å². The van der Waals surface area contributed by atoms with Gasteiger partial charge in [0.2, 0.25) is 0 Å². The normalized spacial score (nSPS) is 17.6. The minimum Gasteiger partial charge on any atom is -0.478 e. The predicted molar refractivity (Wildman–Crippen MR) is 155 cm³/mol. The van der Waals surface area contributed by atoms with Crippen molar-refractivity contribution in [3.8, 4) is 0 Å². The van der Waals surface area contributed by atoms with Crippen LogP contribution in [0.5, 0.6) is 0 Å². The van der Waals surface area contributed by atoms with Gasteiger partial charge >= 0.3 is 5.97 Å². The maximum absolute atomic E-state index is 11.8. The van der Waals surface area contributed by atoms with Crippen LogP contribution in [-0.2, 0) is 6.42 Å². The van der Waals surface area contributed by atoms with Crippen LogP contribution in [0.2, 0.25) is 0 Å². The molecule has 2 N–H and O–H groups in total. The highest BCUT2D eigenvalue weighted by Crippen LogP contribution is 2.42. The summed E-state index contributed by atoms with van der Waals surface area (Å²) in [5, 5.41) is 16.0. The topological polar surface area (TPSA) is 49.3 Å². The van der Waals surface area contributed by atoms with Crippen molar-refractivity contribution in [1.29, 1.82) is 0 Å². The summed E-state index contributed by atoms with van der Waals surface area (Å²) < 4.78 is 0. The first-order chi connectivity index (χ1) is 17.5. The van der Waals surface area contributed by atoms with Crippen LogP contribution in [0, 0.1) is 12.8 Å². The van der Waals surface area contributed by atoms with E-state index in [1.807, 2.05) is 13.0 Å². The van der Waals surface area contributed by atoms with Crippen molar-refractivity contribution in [2.24, 2.45) is 5.92 Å². The van der Waals surface area contributed by atoms with E-state index in [2.05, 4.69) is 85.0 Å². The Bertz CT molecular complexity index is 1380. The SMILES string of the molecule is Cc1c(C(=O)O)cccc1C1CC(CCCN[C@H](C)c2cccc3ccccc23)Cc2ccccc21.Cl. The highest BCUT2D eigenvalue weighted by Gasteiger charge is 2.29. The van der Waals surface area contributed by atoms with E-state index in [0.717, 1.165) is 43.4 Å². The molecule has 3 atom stereocenters. The van der Waals surface area contributed by atoms with Crippen molar-refractivity contribution in [3.63, 3.8) is 0 Å². The van der Waals surface area contributed by atoms with E-state index in [1.54, 1.807) is 6.07 Å². The fourth-order valence-electron chi connectivity index (χ4n) is 6.14. The second-order valence-electron chi connectivity index (χ2n) is 10.3. The van der Waals surface area contributed by atoms with Gasteiger partial charge in [0.15, 0.2) is 0 Å². The number of rotatable bonds is 8. The van der Waals surface area contributed by atoms with Gasteiger partial charge in [-0.2, -0.15) is 0 Å². The van der Waals surface area contributed by atoms with Crippen LogP contribution in [-0.4, -0.2) is 17.6 Å². The number of aromatic carboxylic acids is 1. The zero-order chi connectivity index (χ0) is 25.1. The summed E-state index contributed by atoms with van der Waals surface area (Å²) in [5.74, 6) is -0.00403. The number of benzene rings is 4. The monoisotopic (exact) mass is 513 g/mol. The number of hydrogen-bond acceptors (Lipinski definition) is 2. The van der Waals surface area contributed by atoms with Crippen LogP contribution in [0.4, 0.5) is 0 Å². The predicted octanol–water partition coefficient (Wildman–Crippen LogP) is 8.09. The molecule has 0 aliphatic heterocycles. The molecule has 4 aromatic carbocycles. The van der Waals surface area contributed by atoms with Gasteiger partial charge in [0.05, 0.1) is 5.56 Å². The van der Waals surface area contributed by atoms with E-state index in [-0.39, 0.29) is 18.3 Å². The molecule has 0 amide bonds. The van der Waals surface area contributed by atoms with Crippen LogP contribution in [0.25, 0.3) is 10.8 Å². The summed E-state index contributed by atoms with van der Waals surface area (Å²) in [7, 11) is 0. The van der Waals surface area contributed by atoms with Crippen LogP contribution in [0.1, 0.15) is 76.3 Å². The third-order valence-electron chi connectivity index (χ3n) is 8.02. The molecule has 0 spiro atoms. The Morgan fingerprint density at radius 2 is 1.65 bits per heavy atom. The number of carboxylic acids is 1. The Labute approximate surface area is 226 Å². The molecule has 5 rings (SSSR count). The summed E-state index contributed by atoms with van der Waals surface area (Å²) in [4.78, 5) is 11.8. The summed E-state index contributed by atoms with van der Waals surface area (Å²) in [6.07, 6.45) is 4.46. The summed E-state index contributed by atoms with van der Waals surface area (Å²) in [6, 6.07) is 29.9. The average molecular weight is 514 g/mol. The minimum atomic E-state index is -0.846. The lowest BCUT2D eigenvalue weighted by atomic mass is 9.71. The van der Waals surface area contributed by atoms with Gasteiger partial charge < -0.3 is 10.4 Å². The molecular formula is C33H36ClNO2. The molecule has 4 heteroatoms. The second-order valence-corrected chi connectivity index (χ2v) is 10.3. The molecule has 1 aliphatic carbocycles. The number of halogens is 1. The lowest BCUT2D eigenvalue weighted by Crippen LogP contribution is -2.23. The number of carboxylic acid groups (broad SMARTS) is 1. The van der Waals surface area contributed by atoms with Crippen LogP contribution < -0.4 is 5.32 Å². The first-order valence-electron chi connectivity index (χ1n) is 13.1. The van der Waals surface area contributed by atoms with Crippen molar-refractivity contribution >= 4 is 29.1 Å². The summed E-state index contributed by atoms with van der Waals surface area (Å²) in [6.45, 7) is 5.21. The summed E-state index contributed by atoms with van der Waals surface area (Å²) in [5.41, 5.74) is 6.61. The zero-order valence-electron chi connectivity index (χ0n) is 21.6. The van der Waals surface area contributed by atoms with E-state index >= 15 is 0 Å². The first-order valence-corrected chi connectivity index (χ1v) is 13.1. The number of hydrogen-bond donors (Lipinski definition) is 2. The van der Waals surface area contributed by atoms with Gasteiger partial charge in [-0.3, -0.25) is 0 Å². The quantitative estimate of drug-likeness (QED) is 0.234. The Morgan fingerprint density at radius 1 is 0.946 bits per heavy atom. The number of nitrogens with one attached hydrogen (secondary N) is 1. The molecule has 0 bridgehead atoms. The molecular weight excluding hydrogens is 478 g/mol. The van der Waals surface area contributed by atoms with E-state index in [0.29, 0.717) is 17.5 Å². The third-order valence-corrected chi connectivity index (χ3v) is 8.02. The molecule has 0 aromatic heterocycles. The molecule has 37 heavy (non-hydrogen) atoms. The molecule has 0 radical (unpaired) electrons. The fraction of sp³-hybridized carbons (Fsp3) is 0.303. The van der Waals surface area contributed by atoms with Crippen LogP contribution in [0.3, 0.4) is 0 Å². The molecule has 0 saturated heterocycles. The van der Waals surface area contributed by atoms with Crippen LogP contribution in [0.15, 0.2) is 84.9 Å². The highest BCUT2D eigenvalue weighted by atomic mass is 35.5. The molecule has 0 saturated carbocycles.